The predicted molar refractivity (Wildman–Crippen MR) is 131 cm³/mol. The van der Waals surface area contributed by atoms with Gasteiger partial charge in [0.15, 0.2) is 0 Å². The highest BCUT2D eigenvalue weighted by atomic mass is 19.1. The van der Waals surface area contributed by atoms with Crippen LogP contribution in [0.5, 0.6) is 0 Å². The van der Waals surface area contributed by atoms with E-state index in [9.17, 15) is 14.0 Å². The minimum absolute atomic E-state index is 0. The molecule has 0 spiro atoms. The molecule has 0 aliphatic carbocycles. The molecule has 1 fully saturated rings. The summed E-state index contributed by atoms with van der Waals surface area (Å²) in [4.78, 5) is 33.7. The molecule has 1 aromatic carbocycles. The molecule has 2 aromatic heterocycles. The van der Waals surface area contributed by atoms with Crippen LogP contribution in [0.4, 0.5) is 27.5 Å². The summed E-state index contributed by atoms with van der Waals surface area (Å²) < 4.78 is 20.9. The normalized spacial score (nSPS) is 13.4. The summed E-state index contributed by atoms with van der Waals surface area (Å²) in [5.41, 5.74) is 2.07. The first-order valence-electron chi connectivity index (χ1n) is 10.7. The molecule has 0 radical (unpaired) electrons. The number of carbonyl (C=O) groups excluding carboxylic acids is 2. The van der Waals surface area contributed by atoms with Gasteiger partial charge in [-0.25, -0.2) is 9.37 Å². The zero-order valence-corrected chi connectivity index (χ0v) is 18.9. The molecule has 12 nitrogen and oxygen atoms in total. The Labute approximate surface area is 203 Å². The first-order chi connectivity index (χ1) is 16.9. The number of nitrogens with one attached hydrogen (secondary N) is 4. The van der Waals surface area contributed by atoms with Gasteiger partial charge in [-0.1, -0.05) is 0 Å². The topological polar surface area (TPSA) is 150 Å². The number of carbonyl (C=O) groups is 2. The highest BCUT2D eigenvalue weighted by molar-refractivity contribution is 5.95. The number of nitrogens with zero attached hydrogens (tertiary/aromatic N) is 5. The third-order valence-corrected chi connectivity index (χ3v) is 5.15. The van der Waals surface area contributed by atoms with Crippen LogP contribution in [0.25, 0.3) is 0 Å². The van der Waals surface area contributed by atoms with Crippen LogP contribution in [0.1, 0.15) is 14.0 Å². The molecule has 1 saturated heterocycles. The van der Waals surface area contributed by atoms with Crippen molar-refractivity contribution < 1.29 is 21.6 Å². The summed E-state index contributed by atoms with van der Waals surface area (Å²) in [6.07, 6.45) is 5.75. The Morgan fingerprint density at radius 2 is 2.20 bits per heavy atom. The van der Waals surface area contributed by atoms with Gasteiger partial charge in [0.05, 0.1) is 24.1 Å². The lowest BCUT2D eigenvalue weighted by Gasteiger charge is -2.27. The maximum absolute atomic E-state index is 14.3. The summed E-state index contributed by atoms with van der Waals surface area (Å²) in [6.45, 7) is 0.983. The minimum Gasteiger partial charge on any atom is -0.370 e. The van der Waals surface area contributed by atoms with Crippen LogP contribution in [0, 0.1) is 11.2 Å². The van der Waals surface area contributed by atoms with E-state index < -0.39 is 5.82 Å². The Hall–Kier alpha value is -4.39. The van der Waals surface area contributed by atoms with E-state index >= 15 is 0 Å². The number of anilines is 4. The standard InChI is InChI=1S/C22H24FN9O3.2H2/c1-25-19(33)12-31-11-17(10-28-31)29-22-27-9-15(7-24)21(30-22)26-8-14-4-16(23)6-18(5-14)32-2-3-35-13-20(32)34;;/h4-7,9-11,24H,2-3,8,12-13H2,1H3,(H,25,33)(H2,26,27,29,30);2*1H. The molecule has 3 aromatic rings. The number of rotatable bonds is 9. The molecule has 35 heavy (non-hydrogen) atoms. The van der Waals surface area contributed by atoms with Crippen molar-refractivity contribution in [3.8, 4) is 0 Å². The number of aromatic nitrogens is 4. The lowest BCUT2D eigenvalue weighted by atomic mass is 10.1. The van der Waals surface area contributed by atoms with Gasteiger partial charge in [0.25, 0.3) is 5.91 Å². The first-order valence-corrected chi connectivity index (χ1v) is 10.7. The number of likely N-dealkylation sites (N-methyl/N-ethyl adjacent to an activating group) is 1. The Bertz CT molecular complexity index is 1260. The summed E-state index contributed by atoms with van der Waals surface area (Å²) in [6, 6.07) is 4.41. The number of hydrogen-bond acceptors (Lipinski definition) is 9. The number of morpholine rings is 1. The van der Waals surface area contributed by atoms with Crippen molar-refractivity contribution >= 4 is 41.2 Å². The molecule has 3 heterocycles. The third kappa shape index (κ3) is 5.95. The number of benzene rings is 1. The Morgan fingerprint density at radius 1 is 1.34 bits per heavy atom. The van der Waals surface area contributed by atoms with Crippen molar-refractivity contribution in [1.82, 2.24) is 25.1 Å². The molecule has 0 unspecified atom stereocenters. The van der Waals surface area contributed by atoms with E-state index in [0.29, 0.717) is 41.5 Å². The fraction of sp³-hybridized carbons (Fsp3) is 0.273. The van der Waals surface area contributed by atoms with Crippen molar-refractivity contribution in [2.24, 2.45) is 0 Å². The maximum atomic E-state index is 14.3. The molecule has 0 bridgehead atoms. The Kier molecular flexibility index (Phi) is 7.26. The van der Waals surface area contributed by atoms with E-state index in [1.807, 2.05) is 0 Å². The van der Waals surface area contributed by atoms with E-state index in [1.165, 1.54) is 34.1 Å². The fourth-order valence-corrected chi connectivity index (χ4v) is 3.44. The molecule has 2 amide bonds. The molecular formula is C22H28FN9O3. The lowest BCUT2D eigenvalue weighted by Crippen LogP contribution is -2.41. The van der Waals surface area contributed by atoms with Crippen molar-refractivity contribution in [2.75, 3.05) is 42.3 Å². The van der Waals surface area contributed by atoms with E-state index in [-0.39, 0.29) is 40.3 Å². The van der Waals surface area contributed by atoms with Crippen molar-refractivity contribution in [1.29, 1.82) is 5.41 Å². The van der Waals surface area contributed by atoms with Crippen LogP contribution in [0.15, 0.2) is 36.8 Å². The molecular weight excluding hydrogens is 457 g/mol. The van der Waals surface area contributed by atoms with Gasteiger partial charge in [-0.2, -0.15) is 10.1 Å². The van der Waals surface area contributed by atoms with Crippen LogP contribution in [-0.4, -0.2) is 64.6 Å². The van der Waals surface area contributed by atoms with E-state index in [4.69, 9.17) is 10.1 Å². The second-order valence-corrected chi connectivity index (χ2v) is 7.64. The van der Waals surface area contributed by atoms with E-state index in [0.717, 1.165) is 6.21 Å². The fourth-order valence-electron chi connectivity index (χ4n) is 3.44. The monoisotopic (exact) mass is 485 g/mol. The SMILES string of the molecule is CNC(=O)Cn1cc(Nc2ncc(C=N)c(NCc3cc(F)cc(N4CCOCC4=O)c3)n2)cn1.[HH].[HH]. The van der Waals surface area contributed by atoms with E-state index in [1.54, 1.807) is 19.3 Å². The van der Waals surface area contributed by atoms with Crippen molar-refractivity contribution in [3.05, 3.63) is 53.7 Å². The van der Waals surface area contributed by atoms with Gasteiger partial charge in [0.2, 0.25) is 11.9 Å². The summed E-state index contributed by atoms with van der Waals surface area (Å²) >= 11 is 0. The van der Waals surface area contributed by atoms with Gasteiger partial charge in [0, 0.05) is 47.3 Å². The molecule has 0 atom stereocenters. The number of halogens is 1. The van der Waals surface area contributed by atoms with Gasteiger partial charge in [0.1, 0.15) is 24.8 Å². The van der Waals surface area contributed by atoms with Crippen LogP contribution < -0.4 is 20.9 Å². The maximum Gasteiger partial charge on any atom is 0.253 e. The van der Waals surface area contributed by atoms with E-state index in [2.05, 4.69) is 31.0 Å². The zero-order chi connectivity index (χ0) is 24.8. The smallest absolute Gasteiger partial charge is 0.253 e. The van der Waals surface area contributed by atoms with Gasteiger partial charge in [-0.15, -0.1) is 0 Å². The lowest BCUT2D eigenvalue weighted by molar-refractivity contribution is -0.125. The summed E-state index contributed by atoms with van der Waals surface area (Å²) in [7, 11) is 1.55. The summed E-state index contributed by atoms with van der Waals surface area (Å²) in [5.74, 6) is -0.266. The number of hydrogen-bond donors (Lipinski definition) is 4. The summed E-state index contributed by atoms with van der Waals surface area (Å²) in [5, 5.41) is 20.4. The highest BCUT2D eigenvalue weighted by Crippen LogP contribution is 2.22. The van der Waals surface area contributed by atoms with Crippen molar-refractivity contribution in [2.45, 2.75) is 13.1 Å². The molecule has 1 aliphatic heterocycles. The van der Waals surface area contributed by atoms with Gasteiger partial charge in [-0.05, 0) is 23.8 Å². The quantitative estimate of drug-likeness (QED) is 0.335. The minimum atomic E-state index is -0.468. The number of amides is 2. The Morgan fingerprint density at radius 3 is 2.97 bits per heavy atom. The molecule has 13 heteroatoms. The average molecular weight is 486 g/mol. The molecule has 1 aliphatic rings. The predicted octanol–water partition coefficient (Wildman–Crippen LogP) is 1.77. The van der Waals surface area contributed by atoms with Crippen LogP contribution in [0.2, 0.25) is 0 Å². The zero-order valence-electron chi connectivity index (χ0n) is 18.9. The van der Waals surface area contributed by atoms with Crippen LogP contribution >= 0.6 is 0 Å². The molecule has 0 saturated carbocycles. The van der Waals surface area contributed by atoms with Gasteiger partial charge >= 0.3 is 0 Å². The van der Waals surface area contributed by atoms with Gasteiger partial charge in [-0.3, -0.25) is 14.3 Å². The Balaban J connectivity index is 0.00000241. The molecule has 4 rings (SSSR count). The number of ether oxygens (including phenoxy) is 1. The van der Waals surface area contributed by atoms with Crippen LogP contribution in [-0.2, 0) is 27.4 Å². The first kappa shape index (κ1) is 23.8. The third-order valence-electron chi connectivity index (χ3n) is 5.15. The highest BCUT2D eigenvalue weighted by Gasteiger charge is 2.21. The molecule has 4 N–H and O–H groups in total. The van der Waals surface area contributed by atoms with Gasteiger partial charge < -0.3 is 31.0 Å². The average Bonchev–Trinajstić information content (AvgIpc) is 3.29. The van der Waals surface area contributed by atoms with Crippen molar-refractivity contribution in [3.63, 3.8) is 0 Å². The van der Waals surface area contributed by atoms with Crippen LogP contribution in [0.3, 0.4) is 0 Å². The molecule has 186 valence electrons. The second kappa shape index (κ2) is 10.7. The second-order valence-electron chi connectivity index (χ2n) is 7.64. The largest absolute Gasteiger partial charge is 0.370 e.